The predicted octanol–water partition coefficient (Wildman–Crippen LogP) is 2.42. The second kappa shape index (κ2) is 6.04. The fourth-order valence-corrected chi connectivity index (χ4v) is 5.38. The third-order valence-corrected chi connectivity index (χ3v) is 6.81. The van der Waals surface area contributed by atoms with E-state index in [1.807, 2.05) is 0 Å². The highest BCUT2D eigenvalue weighted by Gasteiger charge is 2.53. The molecule has 8 heteroatoms. The zero-order valence-corrected chi connectivity index (χ0v) is 13.8. The highest BCUT2D eigenvalue weighted by molar-refractivity contribution is 7.90. The molecule has 0 aliphatic rings. The van der Waals surface area contributed by atoms with Crippen molar-refractivity contribution in [3.8, 4) is 0 Å². The number of benzene rings is 2. The molecule has 0 fully saturated rings. The monoisotopic (exact) mass is 356 g/mol. The molecule has 2 N–H and O–H groups in total. The summed E-state index contributed by atoms with van der Waals surface area (Å²) in [6.07, 6.45) is 0. The molecule has 0 saturated heterocycles. The summed E-state index contributed by atoms with van der Waals surface area (Å²) in [6.45, 7) is 1.07. The van der Waals surface area contributed by atoms with Gasteiger partial charge in [-0.05, 0) is 18.1 Å². The normalized spacial score (nSPS) is 16.5. The zero-order chi connectivity index (χ0) is 17.3. The fourth-order valence-electron chi connectivity index (χ4n) is 2.61. The van der Waals surface area contributed by atoms with Gasteiger partial charge in [-0.15, -0.1) is 0 Å². The maximum absolute atomic E-state index is 12.1. The van der Waals surface area contributed by atoms with Crippen LogP contribution < -0.4 is 0 Å². The van der Waals surface area contributed by atoms with Crippen molar-refractivity contribution < 1.29 is 25.9 Å². The summed E-state index contributed by atoms with van der Waals surface area (Å²) in [7, 11) is -9.73. The maximum Gasteiger partial charge on any atom is 0.276 e. The molecule has 124 valence electrons. The molecule has 2 rings (SSSR count). The topological polar surface area (TPSA) is 109 Å². The molecule has 0 spiro atoms. The van der Waals surface area contributed by atoms with Gasteiger partial charge in [0.15, 0.2) is 0 Å². The van der Waals surface area contributed by atoms with E-state index in [2.05, 4.69) is 0 Å². The highest BCUT2D eigenvalue weighted by atomic mass is 32.2. The molecule has 6 nitrogen and oxygen atoms in total. The molecule has 2 atom stereocenters. The summed E-state index contributed by atoms with van der Waals surface area (Å²) in [5.74, 6) is 0. The Bertz CT molecular complexity index is 876. The molecule has 0 amide bonds. The van der Waals surface area contributed by atoms with Gasteiger partial charge in [-0.2, -0.15) is 16.8 Å². The van der Waals surface area contributed by atoms with Crippen molar-refractivity contribution in [1.29, 1.82) is 0 Å². The van der Waals surface area contributed by atoms with Gasteiger partial charge in [-0.25, -0.2) is 0 Å². The summed E-state index contributed by atoms with van der Waals surface area (Å²) in [6, 6.07) is 14.8. The Hall–Kier alpha value is -1.74. The number of hydrogen-bond acceptors (Lipinski definition) is 4. The maximum atomic E-state index is 12.1. The fraction of sp³-hybridized carbons (Fsp3) is 0.200. The molecule has 0 radical (unpaired) electrons. The molecule has 2 aromatic carbocycles. The largest absolute Gasteiger partial charge is 0.285 e. The Balaban J connectivity index is 2.85. The summed E-state index contributed by atoms with van der Waals surface area (Å²) < 4.78 is 65.3. The van der Waals surface area contributed by atoms with Crippen molar-refractivity contribution in [2.24, 2.45) is 0 Å². The van der Waals surface area contributed by atoms with Gasteiger partial charge in [-0.3, -0.25) is 9.11 Å². The first-order valence-electron chi connectivity index (χ1n) is 6.62. The Kier molecular flexibility index (Phi) is 4.63. The lowest BCUT2D eigenvalue weighted by atomic mass is 9.92. The van der Waals surface area contributed by atoms with E-state index in [-0.39, 0.29) is 11.1 Å². The lowest BCUT2D eigenvalue weighted by Crippen LogP contribution is -2.42. The Morgan fingerprint density at radius 2 is 1.26 bits per heavy atom. The van der Waals surface area contributed by atoms with Crippen molar-refractivity contribution >= 4 is 20.2 Å². The van der Waals surface area contributed by atoms with E-state index in [9.17, 15) is 25.9 Å². The van der Waals surface area contributed by atoms with Crippen LogP contribution in [0.5, 0.6) is 0 Å². The summed E-state index contributed by atoms with van der Waals surface area (Å²) >= 11 is 0. The second-order valence-electron chi connectivity index (χ2n) is 5.25. The van der Waals surface area contributed by atoms with Gasteiger partial charge < -0.3 is 0 Å². The van der Waals surface area contributed by atoms with Gasteiger partial charge in [0.1, 0.15) is 10.00 Å². The Morgan fingerprint density at radius 3 is 1.65 bits per heavy atom. The molecule has 0 heterocycles. The molecule has 0 aliphatic heterocycles. The van der Waals surface area contributed by atoms with Gasteiger partial charge in [0.05, 0.1) is 0 Å². The minimum atomic E-state index is -4.89. The Labute approximate surface area is 135 Å². The van der Waals surface area contributed by atoms with Gasteiger partial charge >= 0.3 is 0 Å². The second-order valence-corrected chi connectivity index (χ2v) is 8.55. The lowest BCUT2D eigenvalue weighted by molar-refractivity contribution is 0.404. The van der Waals surface area contributed by atoms with E-state index in [0.29, 0.717) is 0 Å². The van der Waals surface area contributed by atoms with E-state index in [1.165, 1.54) is 48.5 Å². The minimum Gasteiger partial charge on any atom is -0.285 e. The average molecular weight is 356 g/mol. The van der Waals surface area contributed by atoms with Crippen LogP contribution in [0.3, 0.4) is 0 Å². The van der Waals surface area contributed by atoms with E-state index in [4.69, 9.17) is 0 Å². The number of rotatable bonds is 5. The highest BCUT2D eigenvalue weighted by Crippen LogP contribution is 2.45. The van der Waals surface area contributed by atoms with Crippen LogP contribution in [0.1, 0.15) is 23.3 Å². The molecular weight excluding hydrogens is 340 g/mol. The quantitative estimate of drug-likeness (QED) is 0.796. The van der Waals surface area contributed by atoms with Crippen molar-refractivity contribution in [1.82, 2.24) is 0 Å². The first-order valence-corrected chi connectivity index (χ1v) is 9.56. The lowest BCUT2D eigenvalue weighted by Gasteiger charge is -2.33. The van der Waals surface area contributed by atoms with Gasteiger partial charge in [-0.1, -0.05) is 60.7 Å². The summed E-state index contributed by atoms with van der Waals surface area (Å²) in [5, 5.41) is -1.88. The van der Waals surface area contributed by atoms with Crippen LogP contribution in [-0.2, 0) is 25.0 Å². The predicted molar refractivity (Wildman–Crippen MR) is 86.1 cm³/mol. The molecule has 0 aliphatic carbocycles. The standard InChI is InChI=1S/C15H16O6S2/c1-15(23(19,20)21,13-10-6-3-7-11-13)14(22(16,17)18)12-8-4-2-5-9-12/h2-11,14H,1H3,(H,16,17,18)(H,19,20,21). The van der Waals surface area contributed by atoms with Crippen molar-refractivity contribution in [2.75, 3.05) is 0 Å². The van der Waals surface area contributed by atoms with Crippen molar-refractivity contribution in [3.63, 3.8) is 0 Å². The van der Waals surface area contributed by atoms with E-state index in [1.54, 1.807) is 12.1 Å². The number of hydrogen-bond donors (Lipinski definition) is 2. The van der Waals surface area contributed by atoms with Gasteiger partial charge in [0, 0.05) is 0 Å². The van der Waals surface area contributed by atoms with Crippen LogP contribution >= 0.6 is 0 Å². The molecule has 23 heavy (non-hydrogen) atoms. The van der Waals surface area contributed by atoms with Crippen molar-refractivity contribution in [3.05, 3.63) is 71.8 Å². The average Bonchev–Trinajstić information content (AvgIpc) is 2.46. The van der Waals surface area contributed by atoms with Crippen LogP contribution in [0.25, 0.3) is 0 Å². The van der Waals surface area contributed by atoms with Crippen LogP contribution in [0.2, 0.25) is 0 Å². The Morgan fingerprint density at radius 1 is 0.826 bits per heavy atom. The van der Waals surface area contributed by atoms with Gasteiger partial charge in [0.25, 0.3) is 20.2 Å². The molecule has 0 aromatic heterocycles. The molecule has 2 unspecified atom stereocenters. The third kappa shape index (κ3) is 3.30. The van der Waals surface area contributed by atoms with Gasteiger partial charge in [0.2, 0.25) is 0 Å². The van der Waals surface area contributed by atoms with Crippen LogP contribution in [-0.4, -0.2) is 25.9 Å². The van der Waals surface area contributed by atoms with E-state index >= 15 is 0 Å². The molecule has 0 saturated carbocycles. The molecular formula is C15H16O6S2. The van der Waals surface area contributed by atoms with Crippen LogP contribution in [0, 0.1) is 0 Å². The SMILES string of the molecule is CC(c1ccccc1)(C(c1ccccc1)S(=O)(=O)O)S(=O)(=O)O. The first-order chi connectivity index (χ1) is 10.6. The first kappa shape index (κ1) is 17.6. The smallest absolute Gasteiger partial charge is 0.276 e. The summed E-state index contributed by atoms with van der Waals surface area (Å²) in [5.41, 5.74) is 0.105. The zero-order valence-electron chi connectivity index (χ0n) is 12.2. The van der Waals surface area contributed by atoms with Crippen molar-refractivity contribution in [2.45, 2.75) is 16.9 Å². The molecule has 2 aromatic rings. The summed E-state index contributed by atoms with van der Waals surface area (Å²) in [4.78, 5) is 0. The minimum absolute atomic E-state index is 0.0500. The third-order valence-electron chi connectivity index (χ3n) is 3.78. The molecule has 0 bridgehead atoms. The van der Waals surface area contributed by atoms with Crippen LogP contribution in [0.4, 0.5) is 0 Å². The van der Waals surface area contributed by atoms with Crippen LogP contribution in [0.15, 0.2) is 60.7 Å². The van der Waals surface area contributed by atoms with E-state index < -0.39 is 30.2 Å². The van der Waals surface area contributed by atoms with E-state index in [0.717, 1.165) is 6.92 Å².